The number of hydrogen-bond acceptors (Lipinski definition) is 2. The van der Waals surface area contributed by atoms with Gasteiger partial charge in [0.15, 0.2) is 5.78 Å². The van der Waals surface area contributed by atoms with Crippen LogP contribution in [0.25, 0.3) is 0 Å². The summed E-state index contributed by atoms with van der Waals surface area (Å²) < 4.78 is 0. The Kier molecular flexibility index (Phi) is 2.40. The first-order valence-corrected chi connectivity index (χ1v) is 2.63. The van der Waals surface area contributed by atoms with Crippen LogP contribution >= 0.6 is 0 Å². The maximum absolute atomic E-state index is 10.6. The number of hydrogen-bond donors (Lipinski definition) is 1. The van der Waals surface area contributed by atoms with Gasteiger partial charge in [-0.05, 0) is 6.92 Å². The number of aliphatic hydroxyl groups is 1. The molecule has 3 nitrogen and oxygen atoms in total. The smallest absolute Gasteiger partial charge is 0.162 e. The van der Waals surface area contributed by atoms with Crippen molar-refractivity contribution in [3.8, 4) is 0 Å². The standard InChI is InChI=1S/C6H8O2.H2O/c1-4-5(7)2-3-6(4)8;/h7H,2-3H2,1H3;1H2. The molecule has 0 atom stereocenters. The molecule has 0 aromatic rings. The summed E-state index contributed by atoms with van der Waals surface area (Å²) >= 11 is 0. The van der Waals surface area contributed by atoms with Crippen LogP contribution in [-0.2, 0) is 4.79 Å². The molecule has 0 bridgehead atoms. The summed E-state index contributed by atoms with van der Waals surface area (Å²) in [5.41, 5.74) is 0.546. The summed E-state index contributed by atoms with van der Waals surface area (Å²) in [6, 6.07) is 0. The molecule has 1 rings (SSSR count). The third-order valence-corrected chi connectivity index (χ3v) is 1.44. The number of carbonyl (C=O) groups excluding carboxylic acids is 1. The van der Waals surface area contributed by atoms with E-state index in [4.69, 9.17) is 5.11 Å². The quantitative estimate of drug-likeness (QED) is 0.514. The molecule has 0 amide bonds. The molecule has 0 unspecified atom stereocenters. The molecule has 0 spiro atoms. The van der Waals surface area contributed by atoms with Gasteiger partial charge in [0.05, 0.1) is 5.76 Å². The van der Waals surface area contributed by atoms with E-state index in [1.807, 2.05) is 0 Å². The van der Waals surface area contributed by atoms with E-state index in [1.165, 1.54) is 0 Å². The van der Waals surface area contributed by atoms with E-state index in [0.29, 0.717) is 18.4 Å². The van der Waals surface area contributed by atoms with Gasteiger partial charge in [-0.2, -0.15) is 0 Å². The topological polar surface area (TPSA) is 68.8 Å². The molecular formula is C6H10O3. The van der Waals surface area contributed by atoms with Crippen LogP contribution < -0.4 is 0 Å². The zero-order chi connectivity index (χ0) is 6.15. The van der Waals surface area contributed by atoms with E-state index in [9.17, 15) is 4.79 Å². The third-order valence-electron chi connectivity index (χ3n) is 1.44. The van der Waals surface area contributed by atoms with Crippen LogP contribution in [-0.4, -0.2) is 16.4 Å². The van der Waals surface area contributed by atoms with Gasteiger partial charge in [0.1, 0.15) is 0 Å². The molecule has 0 aromatic carbocycles. The Balaban J connectivity index is 0.000000640. The summed E-state index contributed by atoms with van der Waals surface area (Å²) in [5, 5.41) is 8.83. The fraction of sp³-hybridized carbons (Fsp3) is 0.500. The van der Waals surface area contributed by atoms with E-state index in [1.54, 1.807) is 6.92 Å². The summed E-state index contributed by atoms with van der Waals surface area (Å²) in [7, 11) is 0. The lowest BCUT2D eigenvalue weighted by Crippen LogP contribution is -1.89. The highest BCUT2D eigenvalue weighted by Crippen LogP contribution is 2.18. The summed E-state index contributed by atoms with van der Waals surface area (Å²) in [6.07, 6.45) is 1.04. The number of aliphatic hydroxyl groups excluding tert-OH is 1. The molecular weight excluding hydrogens is 120 g/mol. The lowest BCUT2D eigenvalue weighted by molar-refractivity contribution is -0.114. The summed E-state index contributed by atoms with van der Waals surface area (Å²) in [5.74, 6) is 0.359. The van der Waals surface area contributed by atoms with E-state index in [-0.39, 0.29) is 17.0 Å². The number of allylic oxidation sites excluding steroid dienone is 2. The minimum Gasteiger partial charge on any atom is -0.512 e. The highest BCUT2D eigenvalue weighted by molar-refractivity contribution is 5.97. The average Bonchev–Trinajstić information content (AvgIpc) is 1.98. The largest absolute Gasteiger partial charge is 0.512 e. The van der Waals surface area contributed by atoms with Crippen LogP contribution in [0, 0.1) is 0 Å². The van der Waals surface area contributed by atoms with Crippen molar-refractivity contribution in [2.24, 2.45) is 0 Å². The first-order chi connectivity index (χ1) is 3.72. The Bertz CT molecular complexity index is 158. The molecule has 0 aromatic heterocycles. The first kappa shape index (κ1) is 8.17. The Morgan fingerprint density at radius 3 is 2.11 bits per heavy atom. The van der Waals surface area contributed by atoms with Crippen molar-refractivity contribution in [3.05, 3.63) is 11.3 Å². The Labute approximate surface area is 53.3 Å². The Morgan fingerprint density at radius 2 is 2.00 bits per heavy atom. The fourth-order valence-electron chi connectivity index (χ4n) is 0.768. The molecule has 0 saturated heterocycles. The maximum atomic E-state index is 10.6. The first-order valence-electron chi connectivity index (χ1n) is 2.63. The Hall–Kier alpha value is -0.830. The SMILES string of the molecule is CC1=C(O)CCC1=O.O. The molecule has 3 heteroatoms. The van der Waals surface area contributed by atoms with Gasteiger partial charge in [0, 0.05) is 18.4 Å². The van der Waals surface area contributed by atoms with Crippen molar-refractivity contribution >= 4 is 5.78 Å². The fourth-order valence-corrected chi connectivity index (χ4v) is 0.768. The van der Waals surface area contributed by atoms with E-state index in [2.05, 4.69) is 0 Å². The minimum absolute atomic E-state index is 0. The van der Waals surface area contributed by atoms with Gasteiger partial charge in [-0.1, -0.05) is 0 Å². The monoisotopic (exact) mass is 130 g/mol. The number of Topliss-reactive ketones (excluding diaryl/α,β-unsaturated/α-hetero) is 1. The van der Waals surface area contributed by atoms with Crippen LogP contribution in [0.3, 0.4) is 0 Å². The van der Waals surface area contributed by atoms with Gasteiger partial charge in [-0.15, -0.1) is 0 Å². The lowest BCUT2D eigenvalue weighted by atomic mass is 10.2. The van der Waals surface area contributed by atoms with Gasteiger partial charge in [0.25, 0.3) is 0 Å². The maximum Gasteiger partial charge on any atom is 0.162 e. The van der Waals surface area contributed by atoms with Crippen LogP contribution in [0.2, 0.25) is 0 Å². The predicted molar refractivity (Wildman–Crippen MR) is 33.2 cm³/mol. The zero-order valence-electron chi connectivity index (χ0n) is 5.27. The molecule has 0 radical (unpaired) electrons. The molecule has 0 heterocycles. The molecule has 1 aliphatic rings. The van der Waals surface area contributed by atoms with Crippen molar-refractivity contribution in [1.82, 2.24) is 0 Å². The molecule has 1 aliphatic carbocycles. The minimum atomic E-state index is 0. The van der Waals surface area contributed by atoms with Crippen LogP contribution in [0.5, 0.6) is 0 Å². The number of rotatable bonds is 0. The molecule has 52 valence electrons. The molecule has 9 heavy (non-hydrogen) atoms. The molecule has 0 fully saturated rings. The van der Waals surface area contributed by atoms with Gasteiger partial charge in [-0.3, -0.25) is 4.79 Å². The van der Waals surface area contributed by atoms with Gasteiger partial charge < -0.3 is 10.6 Å². The van der Waals surface area contributed by atoms with Gasteiger partial charge in [-0.25, -0.2) is 0 Å². The second-order valence-corrected chi connectivity index (χ2v) is 1.99. The molecule has 0 saturated carbocycles. The van der Waals surface area contributed by atoms with Gasteiger partial charge >= 0.3 is 0 Å². The summed E-state index contributed by atoms with van der Waals surface area (Å²) in [4.78, 5) is 10.6. The normalized spacial score (nSPS) is 18.1. The predicted octanol–water partition coefficient (Wildman–Crippen LogP) is 0.357. The third kappa shape index (κ3) is 1.29. The van der Waals surface area contributed by atoms with Gasteiger partial charge in [0.2, 0.25) is 0 Å². The van der Waals surface area contributed by atoms with Crippen LogP contribution in [0.15, 0.2) is 11.3 Å². The van der Waals surface area contributed by atoms with Crippen molar-refractivity contribution in [3.63, 3.8) is 0 Å². The lowest BCUT2D eigenvalue weighted by Gasteiger charge is -1.85. The van der Waals surface area contributed by atoms with Crippen LogP contribution in [0.4, 0.5) is 0 Å². The van der Waals surface area contributed by atoms with Crippen molar-refractivity contribution < 1.29 is 15.4 Å². The number of carbonyl (C=O) groups is 1. The highest BCUT2D eigenvalue weighted by atomic mass is 16.3. The molecule has 0 aliphatic heterocycles. The van der Waals surface area contributed by atoms with Crippen LogP contribution in [0.1, 0.15) is 19.8 Å². The van der Waals surface area contributed by atoms with Crippen molar-refractivity contribution in [1.29, 1.82) is 0 Å². The second-order valence-electron chi connectivity index (χ2n) is 1.99. The average molecular weight is 130 g/mol. The van der Waals surface area contributed by atoms with Crippen molar-refractivity contribution in [2.45, 2.75) is 19.8 Å². The zero-order valence-corrected chi connectivity index (χ0v) is 5.27. The second kappa shape index (κ2) is 2.64. The molecule has 3 N–H and O–H groups in total. The van der Waals surface area contributed by atoms with E-state index >= 15 is 0 Å². The highest BCUT2D eigenvalue weighted by Gasteiger charge is 2.17. The summed E-state index contributed by atoms with van der Waals surface area (Å²) in [6.45, 7) is 1.66. The van der Waals surface area contributed by atoms with Crippen molar-refractivity contribution in [2.75, 3.05) is 0 Å². The van der Waals surface area contributed by atoms with E-state index < -0.39 is 0 Å². The number of ketones is 1. The van der Waals surface area contributed by atoms with E-state index in [0.717, 1.165) is 0 Å². The Morgan fingerprint density at radius 1 is 1.44 bits per heavy atom.